The van der Waals surface area contributed by atoms with Crippen LogP contribution in [0.2, 0.25) is 0 Å². The minimum atomic E-state index is -0.848. The number of rotatable bonds is 28. The number of ether oxygens (including phenoxy) is 2. The standard InChI is InChI=1S/C38H68O8/c1-4-6-15-21-31(40)25-26-34-33(35(41)27-36(34)42)22-17-13-14-18-23-37(43)45-29-32(28-39)46-38(44)24-19-12-10-8-7-9-11-16-20-30(3)5-2/h13,17,25-26,30-36,39-42H,4-12,14-16,18-24,27-29H2,1-3H3/b17-13+,26-25+/t30?,31-,32-,33+,34+,35-,36+/m0/s1. The molecular weight excluding hydrogens is 584 g/mol. The van der Waals surface area contributed by atoms with Crippen LogP contribution in [0.1, 0.15) is 149 Å². The SMILES string of the molecule is CCCCC[C@H](O)/C=C/[C@@H]1[C@@H](C/C=C/CCCC(=O)OC[C@H](CO)OC(=O)CCCCCCCCCCC(C)CC)[C@@H](O)C[C@H]1O. The summed E-state index contributed by atoms with van der Waals surface area (Å²) in [7, 11) is 0. The van der Waals surface area contributed by atoms with Gasteiger partial charge < -0.3 is 29.9 Å². The third-order valence-corrected chi connectivity index (χ3v) is 9.36. The van der Waals surface area contributed by atoms with Crippen LogP contribution in [0.25, 0.3) is 0 Å². The van der Waals surface area contributed by atoms with Gasteiger partial charge in [-0.2, -0.15) is 0 Å². The molecule has 0 aromatic rings. The lowest BCUT2D eigenvalue weighted by Gasteiger charge is -2.19. The third-order valence-electron chi connectivity index (χ3n) is 9.36. The van der Waals surface area contributed by atoms with Gasteiger partial charge in [0.25, 0.3) is 0 Å². The van der Waals surface area contributed by atoms with Crippen LogP contribution in [0, 0.1) is 17.8 Å². The van der Waals surface area contributed by atoms with E-state index in [1.165, 1.54) is 44.9 Å². The Kier molecular flexibility index (Phi) is 25.0. The van der Waals surface area contributed by atoms with Crippen molar-refractivity contribution in [1.29, 1.82) is 0 Å². The van der Waals surface area contributed by atoms with Gasteiger partial charge in [0.2, 0.25) is 0 Å². The van der Waals surface area contributed by atoms with Crippen LogP contribution in [-0.4, -0.2) is 70.0 Å². The summed E-state index contributed by atoms with van der Waals surface area (Å²) in [6.07, 6.45) is 23.3. The van der Waals surface area contributed by atoms with E-state index in [9.17, 15) is 30.0 Å². The number of aliphatic hydroxyl groups is 4. The van der Waals surface area contributed by atoms with Crippen molar-refractivity contribution in [2.24, 2.45) is 17.8 Å². The Balaban J connectivity index is 2.17. The summed E-state index contributed by atoms with van der Waals surface area (Å²) in [5, 5.41) is 40.6. The highest BCUT2D eigenvalue weighted by atomic mass is 16.6. The lowest BCUT2D eigenvalue weighted by Crippen LogP contribution is -2.28. The van der Waals surface area contributed by atoms with E-state index in [2.05, 4.69) is 20.8 Å². The molecule has 46 heavy (non-hydrogen) atoms. The van der Waals surface area contributed by atoms with Gasteiger partial charge in [-0.1, -0.05) is 122 Å². The maximum atomic E-state index is 12.2. The van der Waals surface area contributed by atoms with E-state index in [0.29, 0.717) is 38.5 Å². The van der Waals surface area contributed by atoms with Crippen LogP contribution < -0.4 is 0 Å². The zero-order valence-corrected chi connectivity index (χ0v) is 29.3. The fraction of sp³-hybridized carbons (Fsp3) is 0.842. The third kappa shape index (κ3) is 20.5. The minimum absolute atomic E-state index is 0.118. The average molecular weight is 653 g/mol. The monoisotopic (exact) mass is 652 g/mol. The largest absolute Gasteiger partial charge is 0.462 e. The summed E-state index contributed by atoms with van der Waals surface area (Å²) in [4.78, 5) is 24.3. The lowest BCUT2D eigenvalue weighted by atomic mass is 9.89. The highest BCUT2D eigenvalue weighted by Gasteiger charge is 2.39. The summed E-state index contributed by atoms with van der Waals surface area (Å²) in [6, 6.07) is 0. The van der Waals surface area contributed by atoms with Gasteiger partial charge in [0, 0.05) is 25.2 Å². The molecule has 0 bridgehead atoms. The van der Waals surface area contributed by atoms with Crippen LogP contribution in [0.4, 0.5) is 0 Å². The molecule has 0 radical (unpaired) electrons. The Hall–Kier alpha value is -1.74. The molecule has 0 saturated heterocycles. The molecule has 0 heterocycles. The van der Waals surface area contributed by atoms with Crippen LogP contribution >= 0.6 is 0 Å². The van der Waals surface area contributed by atoms with Gasteiger partial charge in [-0.15, -0.1) is 0 Å². The fourth-order valence-electron chi connectivity index (χ4n) is 6.05. The first kappa shape index (κ1) is 42.3. The van der Waals surface area contributed by atoms with Crippen molar-refractivity contribution >= 4 is 11.9 Å². The predicted octanol–water partition coefficient (Wildman–Crippen LogP) is 7.35. The van der Waals surface area contributed by atoms with E-state index in [4.69, 9.17) is 9.47 Å². The number of carbonyl (C=O) groups is 2. The van der Waals surface area contributed by atoms with Crippen molar-refractivity contribution in [3.63, 3.8) is 0 Å². The molecule has 0 aromatic carbocycles. The molecule has 8 heteroatoms. The number of unbranched alkanes of at least 4 members (excludes halogenated alkanes) is 10. The molecule has 4 N–H and O–H groups in total. The van der Waals surface area contributed by atoms with E-state index < -0.39 is 37.0 Å². The maximum Gasteiger partial charge on any atom is 0.306 e. The van der Waals surface area contributed by atoms with E-state index in [1.807, 2.05) is 18.2 Å². The summed E-state index contributed by atoms with van der Waals surface area (Å²) >= 11 is 0. The molecule has 268 valence electrons. The molecule has 0 aliphatic heterocycles. The molecule has 8 nitrogen and oxygen atoms in total. The second-order valence-electron chi connectivity index (χ2n) is 13.5. The van der Waals surface area contributed by atoms with Gasteiger partial charge in [-0.25, -0.2) is 0 Å². The molecule has 1 unspecified atom stereocenters. The molecule has 0 amide bonds. The zero-order chi connectivity index (χ0) is 34.0. The zero-order valence-electron chi connectivity index (χ0n) is 29.3. The first-order chi connectivity index (χ1) is 22.2. The van der Waals surface area contributed by atoms with Gasteiger partial charge >= 0.3 is 11.9 Å². The smallest absolute Gasteiger partial charge is 0.306 e. The molecule has 7 atom stereocenters. The van der Waals surface area contributed by atoms with E-state index in [-0.39, 0.29) is 30.8 Å². The number of hydrogen-bond acceptors (Lipinski definition) is 8. The second kappa shape index (κ2) is 27.2. The number of hydrogen-bond donors (Lipinski definition) is 4. The first-order valence-corrected chi connectivity index (χ1v) is 18.5. The Morgan fingerprint density at radius 1 is 0.826 bits per heavy atom. The molecule has 1 fully saturated rings. The van der Waals surface area contributed by atoms with Crippen LogP contribution in [0.5, 0.6) is 0 Å². The lowest BCUT2D eigenvalue weighted by molar-refractivity contribution is -0.161. The van der Waals surface area contributed by atoms with E-state index in [1.54, 1.807) is 6.08 Å². The fourth-order valence-corrected chi connectivity index (χ4v) is 6.05. The molecule has 1 rings (SSSR count). The predicted molar refractivity (Wildman–Crippen MR) is 184 cm³/mol. The molecular formula is C38H68O8. The summed E-state index contributed by atoms with van der Waals surface area (Å²) in [5.41, 5.74) is 0. The van der Waals surface area contributed by atoms with Gasteiger partial charge in [-0.05, 0) is 43.9 Å². The van der Waals surface area contributed by atoms with Crippen LogP contribution in [0.3, 0.4) is 0 Å². The van der Waals surface area contributed by atoms with E-state index in [0.717, 1.165) is 44.4 Å². The normalized spacial score (nSPS) is 22.0. The van der Waals surface area contributed by atoms with Gasteiger partial charge in [0.1, 0.15) is 6.61 Å². The summed E-state index contributed by atoms with van der Waals surface area (Å²) in [5.74, 6) is -0.256. The maximum absolute atomic E-state index is 12.2. The second-order valence-corrected chi connectivity index (χ2v) is 13.5. The van der Waals surface area contributed by atoms with E-state index >= 15 is 0 Å². The van der Waals surface area contributed by atoms with Gasteiger partial charge in [0.05, 0.1) is 24.9 Å². The number of aliphatic hydroxyl groups excluding tert-OH is 4. The number of allylic oxidation sites excluding steroid dienone is 2. The van der Waals surface area contributed by atoms with Crippen molar-refractivity contribution in [3.8, 4) is 0 Å². The van der Waals surface area contributed by atoms with Crippen molar-refractivity contribution in [3.05, 3.63) is 24.3 Å². The summed E-state index contributed by atoms with van der Waals surface area (Å²) in [6.45, 7) is 6.15. The Labute approximate surface area is 280 Å². The van der Waals surface area contributed by atoms with Crippen LogP contribution in [0.15, 0.2) is 24.3 Å². The molecule has 1 saturated carbocycles. The molecule has 1 aliphatic carbocycles. The highest BCUT2D eigenvalue weighted by Crippen LogP contribution is 2.36. The molecule has 0 spiro atoms. The van der Waals surface area contributed by atoms with Crippen molar-refractivity contribution in [2.75, 3.05) is 13.2 Å². The summed E-state index contributed by atoms with van der Waals surface area (Å²) < 4.78 is 10.5. The first-order valence-electron chi connectivity index (χ1n) is 18.5. The Morgan fingerprint density at radius 2 is 1.48 bits per heavy atom. The number of carbonyl (C=O) groups excluding carboxylic acids is 2. The Bertz CT molecular complexity index is 828. The minimum Gasteiger partial charge on any atom is -0.462 e. The van der Waals surface area contributed by atoms with Gasteiger partial charge in [-0.3, -0.25) is 9.59 Å². The molecule has 0 aromatic heterocycles. The van der Waals surface area contributed by atoms with Crippen molar-refractivity contribution < 1.29 is 39.5 Å². The average Bonchev–Trinajstić information content (AvgIpc) is 3.31. The van der Waals surface area contributed by atoms with Crippen molar-refractivity contribution in [1.82, 2.24) is 0 Å². The number of esters is 2. The van der Waals surface area contributed by atoms with Crippen molar-refractivity contribution in [2.45, 2.75) is 174 Å². The Morgan fingerprint density at radius 3 is 2.15 bits per heavy atom. The van der Waals surface area contributed by atoms with Gasteiger partial charge in [0.15, 0.2) is 6.10 Å². The molecule has 1 aliphatic rings. The van der Waals surface area contributed by atoms with Crippen LogP contribution in [-0.2, 0) is 19.1 Å². The highest BCUT2D eigenvalue weighted by molar-refractivity contribution is 5.70. The topological polar surface area (TPSA) is 134 Å². The quantitative estimate of drug-likeness (QED) is 0.0392.